The molecule has 1 heterocycles. The van der Waals surface area contributed by atoms with E-state index in [2.05, 4.69) is 4.98 Å². The van der Waals surface area contributed by atoms with Crippen LogP contribution in [0.1, 0.15) is 70.4 Å². The van der Waals surface area contributed by atoms with Crippen LogP contribution in [-0.4, -0.2) is 27.7 Å². The highest BCUT2D eigenvalue weighted by molar-refractivity contribution is 5.98. The Kier molecular flexibility index (Phi) is 5.84. The van der Waals surface area contributed by atoms with Crippen molar-refractivity contribution in [2.45, 2.75) is 75.5 Å². The molecule has 0 saturated heterocycles. The van der Waals surface area contributed by atoms with Crippen molar-refractivity contribution in [3.63, 3.8) is 0 Å². The number of benzene rings is 2. The number of ketones is 1. The molecule has 3 atom stereocenters. The molecule has 1 aromatic heterocycles. The SMILES string of the molecule is Cc1ncccc1CC(=O)c1ccc2c(c1)CC1(CC1)[C@@H]1C[C@@](O)(C(F)(F)F)CC[C@@]21Cc1ccccc1. The number of halogens is 3. The van der Waals surface area contributed by atoms with Crippen LogP contribution < -0.4 is 0 Å². The standard InChI is InChI=1S/C32H32F3NO2/c1-21-23(8-5-15-36-21)17-27(37)24-9-10-26-25(16-24)19-29(11-12-29)28-20-31(38,32(33,34)35)14-13-30(26,28)18-22-6-3-2-4-7-22/h2-10,15-16,28,38H,11-14,17-20H2,1H3/t28-,30+,31+/m0/s1. The molecule has 0 radical (unpaired) electrons. The Labute approximate surface area is 221 Å². The van der Waals surface area contributed by atoms with Crippen LogP contribution in [0, 0.1) is 18.3 Å². The smallest absolute Gasteiger partial charge is 0.380 e. The van der Waals surface area contributed by atoms with Crippen LogP contribution in [0.25, 0.3) is 0 Å². The highest BCUT2D eigenvalue weighted by atomic mass is 19.4. The van der Waals surface area contributed by atoms with Gasteiger partial charge in [0.2, 0.25) is 0 Å². The van der Waals surface area contributed by atoms with E-state index in [1.165, 1.54) is 0 Å². The molecule has 3 aromatic rings. The third-order valence-electron chi connectivity index (χ3n) is 9.69. The van der Waals surface area contributed by atoms with E-state index in [1.807, 2.05) is 67.6 Å². The number of nitrogens with zero attached hydrogens (tertiary/aromatic N) is 1. The molecule has 2 fully saturated rings. The summed E-state index contributed by atoms with van der Waals surface area (Å²) < 4.78 is 42.2. The minimum atomic E-state index is -4.65. The number of carbonyl (C=O) groups excluding carboxylic acids is 1. The lowest BCUT2D eigenvalue weighted by atomic mass is 9.48. The second-order valence-electron chi connectivity index (χ2n) is 11.9. The molecule has 2 aromatic carbocycles. The number of fused-ring (bicyclic) bond motifs is 4. The van der Waals surface area contributed by atoms with Crippen LogP contribution in [-0.2, 0) is 24.7 Å². The zero-order valence-electron chi connectivity index (χ0n) is 21.5. The fraction of sp³-hybridized carbons (Fsp3) is 0.438. The number of alkyl halides is 3. The van der Waals surface area contributed by atoms with Gasteiger partial charge in [0.25, 0.3) is 0 Å². The van der Waals surface area contributed by atoms with Crippen molar-refractivity contribution >= 4 is 5.78 Å². The van der Waals surface area contributed by atoms with Gasteiger partial charge in [-0.1, -0.05) is 48.5 Å². The Morgan fingerprint density at radius 2 is 1.79 bits per heavy atom. The van der Waals surface area contributed by atoms with Gasteiger partial charge in [0.05, 0.1) is 0 Å². The van der Waals surface area contributed by atoms with Gasteiger partial charge >= 0.3 is 6.18 Å². The average Bonchev–Trinajstić information content (AvgIpc) is 3.66. The van der Waals surface area contributed by atoms with E-state index in [0.717, 1.165) is 40.8 Å². The lowest BCUT2D eigenvalue weighted by molar-refractivity contribution is -0.282. The molecule has 1 N–H and O–H groups in total. The maximum Gasteiger partial charge on any atom is 0.417 e. The fourth-order valence-corrected chi connectivity index (χ4v) is 7.46. The van der Waals surface area contributed by atoms with Gasteiger partial charge in [0.1, 0.15) is 0 Å². The van der Waals surface area contributed by atoms with Crippen LogP contribution in [0.3, 0.4) is 0 Å². The zero-order valence-corrected chi connectivity index (χ0v) is 21.5. The summed E-state index contributed by atoms with van der Waals surface area (Å²) in [4.78, 5) is 17.6. The number of aryl methyl sites for hydroxylation is 1. The van der Waals surface area contributed by atoms with Crippen LogP contribution in [0.5, 0.6) is 0 Å². The summed E-state index contributed by atoms with van der Waals surface area (Å²) in [5.41, 5.74) is 2.18. The van der Waals surface area contributed by atoms with E-state index in [0.29, 0.717) is 18.4 Å². The minimum Gasteiger partial charge on any atom is -0.380 e. The minimum absolute atomic E-state index is 0.0167. The molecular formula is C32H32F3NO2. The summed E-state index contributed by atoms with van der Waals surface area (Å²) in [6.07, 6.45) is 0.0175. The normalized spacial score (nSPS) is 27.4. The first-order valence-corrected chi connectivity index (χ1v) is 13.5. The molecule has 198 valence electrons. The summed E-state index contributed by atoms with van der Waals surface area (Å²) in [6, 6.07) is 19.6. The van der Waals surface area contributed by atoms with Gasteiger partial charge in [-0.25, -0.2) is 0 Å². The quantitative estimate of drug-likeness (QED) is 0.381. The molecule has 2 saturated carbocycles. The van der Waals surface area contributed by atoms with Gasteiger partial charge in [-0.05, 0) is 97.6 Å². The average molecular weight is 520 g/mol. The number of hydrogen-bond acceptors (Lipinski definition) is 3. The molecule has 0 amide bonds. The van der Waals surface area contributed by atoms with Crippen molar-refractivity contribution in [2.24, 2.45) is 11.3 Å². The number of aromatic nitrogens is 1. The number of pyridine rings is 1. The van der Waals surface area contributed by atoms with Gasteiger partial charge in [0, 0.05) is 29.3 Å². The summed E-state index contributed by atoms with van der Waals surface area (Å²) in [5, 5.41) is 10.8. The molecule has 3 nitrogen and oxygen atoms in total. The second kappa shape index (κ2) is 8.77. The highest BCUT2D eigenvalue weighted by Crippen LogP contribution is 2.69. The molecule has 0 unspecified atom stereocenters. The fourth-order valence-electron chi connectivity index (χ4n) is 7.46. The summed E-state index contributed by atoms with van der Waals surface area (Å²) >= 11 is 0. The first kappa shape index (κ1) is 25.3. The van der Waals surface area contributed by atoms with E-state index >= 15 is 0 Å². The van der Waals surface area contributed by atoms with E-state index in [1.54, 1.807) is 6.20 Å². The predicted octanol–water partition coefficient (Wildman–Crippen LogP) is 6.73. The number of aliphatic hydroxyl groups is 1. The summed E-state index contributed by atoms with van der Waals surface area (Å²) in [7, 11) is 0. The van der Waals surface area contributed by atoms with E-state index in [4.69, 9.17) is 0 Å². The van der Waals surface area contributed by atoms with E-state index in [-0.39, 0.29) is 42.8 Å². The highest BCUT2D eigenvalue weighted by Gasteiger charge is 2.68. The molecule has 38 heavy (non-hydrogen) atoms. The van der Waals surface area contributed by atoms with Crippen molar-refractivity contribution in [1.82, 2.24) is 4.98 Å². The molecule has 6 rings (SSSR count). The van der Waals surface area contributed by atoms with Gasteiger partial charge in [-0.3, -0.25) is 9.78 Å². The second-order valence-corrected chi connectivity index (χ2v) is 11.9. The largest absolute Gasteiger partial charge is 0.417 e. The van der Waals surface area contributed by atoms with Crippen molar-refractivity contribution < 1.29 is 23.1 Å². The Balaban J connectivity index is 1.42. The Morgan fingerprint density at radius 3 is 2.47 bits per heavy atom. The van der Waals surface area contributed by atoms with Gasteiger partial charge < -0.3 is 5.11 Å². The van der Waals surface area contributed by atoms with Crippen molar-refractivity contribution in [1.29, 1.82) is 0 Å². The number of Topliss-reactive ketones (excluding diaryl/α,β-unsaturated/α-hetero) is 1. The first-order chi connectivity index (χ1) is 18.1. The van der Waals surface area contributed by atoms with Crippen LogP contribution >= 0.6 is 0 Å². The number of hydrogen-bond donors (Lipinski definition) is 1. The molecule has 1 spiro atoms. The number of rotatable bonds is 5. The van der Waals surface area contributed by atoms with Crippen molar-refractivity contribution in [3.05, 3.63) is 100 Å². The Bertz CT molecular complexity index is 1380. The first-order valence-electron chi connectivity index (χ1n) is 13.5. The lowest BCUT2D eigenvalue weighted by Crippen LogP contribution is -2.59. The van der Waals surface area contributed by atoms with E-state index < -0.39 is 17.2 Å². The summed E-state index contributed by atoms with van der Waals surface area (Å²) in [6.45, 7) is 1.89. The Morgan fingerprint density at radius 1 is 1.03 bits per heavy atom. The van der Waals surface area contributed by atoms with Gasteiger partial charge in [-0.2, -0.15) is 13.2 Å². The molecule has 0 aliphatic heterocycles. The maximum atomic E-state index is 14.1. The number of carbonyl (C=O) groups is 1. The maximum absolute atomic E-state index is 14.1. The van der Waals surface area contributed by atoms with Gasteiger partial charge in [-0.15, -0.1) is 0 Å². The molecule has 3 aliphatic carbocycles. The van der Waals surface area contributed by atoms with Crippen LogP contribution in [0.2, 0.25) is 0 Å². The Hall–Kier alpha value is -2.99. The van der Waals surface area contributed by atoms with Crippen LogP contribution in [0.4, 0.5) is 13.2 Å². The molecule has 0 bridgehead atoms. The predicted molar refractivity (Wildman–Crippen MR) is 139 cm³/mol. The molecule has 6 heteroatoms. The third-order valence-corrected chi connectivity index (χ3v) is 9.69. The molecular weight excluding hydrogens is 487 g/mol. The molecule has 3 aliphatic rings. The monoisotopic (exact) mass is 519 g/mol. The van der Waals surface area contributed by atoms with Gasteiger partial charge in [0.15, 0.2) is 11.4 Å². The van der Waals surface area contributed by atoms with E-state index in [9.17, 15) is 23.1 Å². The topological polar surface area (TPSA) is 50.2 Å². The van der Waals surface area contributed by atoms with Crippen molar-refractivity contribution in [3.8, 4) is 0 Å². The third kappa shape index (κ3) is 4.08. The van der Waals surface area contributed by atoms with Crippen molar-refractivity contribution in [2.75, 3.05) is 0 Å². The zero-order chi connectivity index (χ0) is 26.8. The lowest BCUT2D eigenvalue weighted by Gasteiger charge is -2.57. The summed E-state index contributed by atoms with van der Waals surface area (Å²) in [5.74, 6) is -0.259. The van der Waals surface area contributed by atoms with Crippen LogP contribution in [0.15, 0.2) is 66.9 Å².